The Labute approximate surface area is 132 Å². The molecule has 0 saturated heterocycles. The summed E-state index contributed by atoms with van der Waals surface area (Å²) in [5.74, 6) is 0.0669. The number of halogens is 1. The summed E-state index contributed by atoms with van der Waals surface area (Å²) in [6.45, 7) is 5.85. The van der Waals surface area contributed by atoms with Crippen molar-refractivity contribution in [3.63, 3.8) is 0 Å². The van der Waals surface area contributed by atoms with E-state index in [9.17, 15) is 4.79 Å². The molecule has 0 aromatic carbocycles. The number of anilines is 1. The molecule has 2 aromatic rings. The van der Waals surface area contributed by atoms with Gasteiger partial charge in [-0.15, -0.1) is 11.3 Å². The highest BCUT2D eigenvalue weighted by Gasteiger charge is 2.14. The number of thiophene rings is 1. The van der Waals surface area contributed by atoms with Crippen LogP contribution >= 0.6 is 22.9 Å². The van der Waals surface area contributed by atoms with Crippen molar-refractivity contribution < 1.29 is 9.53 Å². The topological polar surface area (TPSA) is 64.1 Å². The third-order valence-electron chi connectivity index (χ3n) is 2.84. The maximum absolute atomic E-state index is 11.7. The van der Waals surface area contributed by atoms with Gasteiger partial charge in [0.1, 0.15) is 0 Å². The largest absolute Gasteiger partial charge is 0.462 e. The van der Waals surface area contributed by atoms with Gasteiger partial charge < -0.3 is 10.1 Å². The van der Waals surface area contributed by atoms with Crippen LogP contribution in [0.15, 0.2) is 18.3 Å². The van der Waals surface area contributed by atoms with Crippen LogP contribution in [0.5, 0.6) is 0 Å². The van der Waals surface area contributed by atoms with E-state index >= 15 is 0 Å². The number of rotatable bonds is 5. The molecule has 2 rings (SSSR count). The van der Waals surface area contributed by atoms with Crippen molar-refractivity contribution in [2.24, 2.45) is 0 Å². The summed E-state index contributed by atoms with van der Waals surface area (Å²) in [5, 5.41) is 3.19. The van der Waals surface area contributed by atoms with E-state index in [1.807, 2.05) is 19.1 Å². The van der Waals surface area contributed by atoms with Crippen LogP contribution < -0.4 is 5.32 Å². The number of hydrogen-bond acceptors (Lipinski definition) is 6. The van der Waals surface area contributed by atoms with E-state index in [4.69, 9.17) is 16.3 Å². The Morgan fingerprint density at radius 1 is 1.52 bits per heavy atom. The van der Waals surface area contributed by atoms with Gasteiger partial charge in [-0.2, -0.15) is 0 Å². The van der Waals surface area contributed by atoms with Gasteiger partial charge in [0.25, 0.3) is 0 Å². The number of hydrogen-bond donors (Lipinski definition) is 1. The predicted molar refractivity (Wildman–Crippen MR) is 84.1 cm³/mol. The third-order valence-corrected chi connectivity index (χ3v) is 4.25. The Morgan fingerprint density at radius 2 is 2.29 bits per heavy atom. The second kappa shape index (κ2) is 6.87. The highest BCUT2D eigenvalue weighted by Crippen LogP contribution is 2.28. The molecule has 7 heteroatoms. The summed E-state index contributed by atoms with van der Waals surface area (Å²) in [6.07, 6.45) is 1.48. The van der Waals surface area contributed by atoms with Crippen LogP contribution in [0.1, 0.15) is 40.8 Å². The van der Waals surface area contributed by atoms with Crippen LogP contribution in [0.2, 0.25) is 4.34 Å². The quantitative estimate of drug-likeness (QED) is 0.846. The normalized spacial score (nSPS) is 12.0. The summed E-state index contributed by atoms with van der Waals surface area (Å²) in [7, 11) is 0. The molecule has 21 heavy (non-hydrogen) atoms. The zero-order valence-electron chi connectivity index (χ0n) is 12.0. The lowest BCUT2D eigenvalue weighted by molar-refractivity contribution is 0.0524. The summed E-state index contributed by atoms with van der Waals surface area (Å²) >= 11 is 7.43. The molecule has 2 heterocycles. The number of carbonyl (C=O) groups excluding carboxylic acids is 1. The first-order valence-corrected chi connectivity index (χ1v) is 7.73. The Kier molecular flexibility index (Phi) is 5.14. The second-order valence-corrected chi connectivity index (χ2v) is 6.17. The Bertz CT molecular complexity index is 645. The smallest absolute Gasteiger partial charge is 0.341 e. The lowest BCUT2D eigenvalue weighted by Gasteiger charge is -2.13. The third kappa shape index (κ3) is 3.92. The molecule has 0 radical (unpaired) electrons. The fraction of sp³-hybridized carbons (Fsp3) is 0.357. The molecule has 0 bridgehead atoms. The van der Waals surface area contributed by atoms with E-state index in [1.165, 1.54) is 17.5 Å². The van der Waals surface area contributed by atoms with Gasteiger partial charge >= 0.3 is 5.97 Å². The molecular formula is C14H16ClN3O2S. The number of nitrogens with zero attached hydrogens (tertiary/aromatic N) is 2. The molecule has 112 valence electrons. The molecule has 0 saturated carbocycles. The van der Waals surface area contributed by atoms with Crippen molar-refractivity contribution in [1.29, 1.82) is 0 Å². The van der Waals surface area contributed by atoms with Crippen LogP contribution in [0, 0.1) is 6.92 Å². The van der Waals surface area contributed by atoms with E-state index < -0.39 is 5.97 Å². The fourth-order valence-corrected chi connectivity index (χ4v) is 2.83. The maximum Gasteiger partial charge on any atom is 0.341 e. The first kappa shape index (κ1) is 15.7. The van der Waals surface area contributed by atoms with Crippen molar-refractivity contribution in [3.8, 4) is 0 Å². The fourth-order valence-electron chi connectivity index (χ4n) is 1.77. The van der Waals surface area contributed by atoms with Gasteiger partial charge in [0.05, 0.1) is 28.2 Å². The average molecular weight is 326 g/mol. The molecule has 1 atom stereocenters. The Morgan fingerprint density at radius 3 is 2.86 bits per heavy atom. The van der Waals surface area contributed by atoms with E-state index in [2.05, 4.69) is 15.3 Å². The molecular weight excluding hydrogens is 310 g/mol. The van der Waals surface area contributed by atoms with Crippen molar-refractivity contribution in [1.82, 2.24) is 9.97 Å². The molecule has 0 amide bonds. The molecule has 2 aromatic heterocycles. The molecule has 0 fully saturated rings. The minimum atomic E-state index is -0.403. The first-order valence-electron chi connectivity index (χ1n) is 6.53. The molecule has 1 N–H and O–H groups in total. The lowest BCUT2D eigenvalue weighted by Crippen LogP contribution is -2.12. The van der Waals surface area contributed by atoms with Crippen LogP contribution in [-0.2, 0) is 4.74 Å². The minimum absolute atomic E-state index is 0.0374. The predicted octanol–water partition coefficient (Wildman–Crippen LogP) is 3.85. The zero-order valence-corrected chi connectivity index (χ0v) is 13.6. The van der Waals surface area contributed by atoms with E-state index in [0.717, 1.165) is 9.21 Å². The van der Waals surface area contributed by atoms with E-state index in [1.54, 1.807) is 13.8 Å². The Balaban J connectivity index is 2.11. The molecule has 1 unspecified atom stereocenters. The van der Waals surface area contributed by atoms with Gasteiger partial charge in [0.2, 0.25) is 5.95 Å². The summed E-state index contributed by atoms with van der Waals surface area (Å²) in [5.41, 5.74) is 0.969. The summed E-state index contributed by atoms with van der Waals surface area (Å²) in [6, 6.07) is 3.86. The van der Waals surface area contributed by atoms with Crippen LogP contribution in [0.3, 0.4) is 0 Å². The van der Waals surface area contributed by atoms with Crippen LogP contribution in [0.25, 0.3) is 0 Å². The number of esters is 1. The van der Waals surface area contributed by atoms with Crippen molar-refractivity contribution in [2.75, 3.05) is 11.9 Å². The highest BCUT2D eigenvalue weighted by molar-refractivity contribution is 7.16. The SMILES string of the molecule is CCOC(=O)c1cnc(NC(C)c2ccc(Cl)s2)nc1C. The average Bonchev–Trinajstić information content (AvgIpc) is 2.86. The van der Waals surface area contributed by atoms with Gasteiger partial charge in [-0.1, -0.05) is 11.6 Å². The van der Waals surface area contributed by atoms with Crippen molar-refractivity contribution in [2.45, 2.75) is 26.8 Å². The minimum Gasteiger partial charge on any atom is -0.462 e. The second-order valence-electron chi connectivity index (χ2n) is 4.42. The monoisotopic (exact) mass is 325 g/mol. The van der Waals surface area contributed by atoms with Crippen LogP contribution in [0.4, 0.5) is 5.95 Å². The number of aryl methyl sites for hydroxylation is 1. The zero-order chi connectivity index (χ0) is 15.4. The number of aromatic nitrogens is 2. The molecule has 0 aliphatic rings. The molecule has 0 aliphatic carbocycles. The van der Waals surface area contributed by atoms with Gasteiger partial charge in [-0.3, -0.25) is 0 Å². The van der Waals surface area contributed by atoms with Gasteiger partial charge in [-0.05, 0) is 32.9 Å². The maximum atomic E-state index is 11.7. The number of nitrogens with one attached hydrogen (secondary N) is 1. The van der Waals surface area contributed by atoms with Gasteiger partial charge in [0.15, 0.2) is 0 Å². The van der Waals surface area contributed by atoms with Crippen LogP contribution in [-0.4, -0.2) is 22.5 Å². The van der Waals surface area contributed by atoms with E-state index in [-0.39, 0.29) is 6.04 Å². The van der Waals surface area contributed by atoms with Gasteiger partial charge in [0, 0.05) is 11.1 Å². The standard InChI is InChI=1S/C14H16ClN3O2S/c1-4-20-13(19)10-7-16-14(17-8(10)2)18-9(3)11-5-6-12(15)21-11/h5-7,9H,4H2,1-3H3,(H,16,17,18). The van der Waals surface area contributed by atoms with Crippen molar-refractivity contribution >= 4 is 34.9 Å². The van der Waals surface area contributed by atoms with E-state index in [0.29, 0.717) is 23.8 Å². The molecule has 0 aliphatic heterocycles. The lowest BCUT2D eigenvalue weighted by atomic mass is 10.2. The molecule has 5 nitrogen and oxygen atoms in total. The Hall–Kier alpha value is -1.66. The first-order chi connectivity index (χ1) is 10.0. The highest BCUT2D eigenvalue weighted by atomic mass is 35.5. The van der Waals surface area contributed by atoms with Crippen molar-refractivity contribution in [3.05, 3.63) is 38.8 Å². The number of ether oxygens (including phenoxy) is 1. The van der Waals surface area contributed by atoms with Gasteiger partial charge in [-0.25, -0.2) is 14.8 Å². The summed E-state index contributed by atoms with van der Waals surface area (Å²) in [4.78, 5) is 21.2. The number of carbonyl (C=O) groups is 1. The molecule has 0 spiro atoms. The summed E-state index contributed by atoms with van der Waals surface area (Å²) < 4.78 is 5.69.